The van der Waals surface area contributed by atoms with E-state index in [2.05, 4.69) is 46.9 Å². The Morgan fingerprint density at radius 1 is 1.18 bits per heavy atom. The molecule has 0 aromatic carbocycles. The van der Waals surface area contributed by atoms with Gasteiger partial charge in [-0.3, -0.25) is 4.79 Å². The van der Waals surface area contributed by atoms with Gasteiger partial charge in [-0.1, -0.05) is 26.7 Å². The number of carbonyl (C=O) groups is 1. The quantitative estimate of drug-likeness (QED) is 0.744. The molecule has 0 rings (SSSR count). The van der Waals surface area contributed by atoms with E-state index >= 15 is 0 Å². The number of amides is 1. The van der Waals surface area contributed by atoms with Crippen molar-refractivity contribution in [2.45, 2.75) is 59.9 Å². The molecule has 17 heavy (non-hydrogen) atoms. The van der Waals surface area contributed by atoms with E-state index < -0.39 is 0 Å². The first-order valence-electron chi connectivity index (χ1n) is 6.86. The van der Waals surface area contributed by atoms with E-state index in [1.54, 1.807) is 0 Å². The molecule has 1 amide bonds. The molecule has 1 N–H and O–H groups in total. The summed E-state index contributed by atoms with van der Waals surface area (Å²) in [6.07, 6.45) is 2.29. The van der Waals surface area contributed by atoms with Gasteiger partial charge in [0.1, 0.15) is 0 Å². The lowest BCUT2D eigenvalue weighted by atomic mass is 10.0. The molecular weight excluding hydrogens is 212 g/mol. The van der Waals surface area contributed by atoms with E-state index in [0.29, 0.717) is 12.5 Å². The summed E-state index contributed by atoms with van der Waals surface area (Å²) in [4.78, 5) is 14.0. The zero-order valence-corrected chi connectivity index (χ0v) is 12.5. The molecule has 0 saturated heterocycles. The largest absolute Gasteiger partial charge is 0.342 e. The first-order valence-corrected chi connectivity index (χ1v) is 6.86. The highest BCUT2D eigenvalue weighted by molar-refractivity contribution is 5.78. The van der Waals surface area contributed by atoms with Gasteiger partial charge in [0.15, 0.2) is 0 Å². The Bertz CT molecular complexity index is 217. The van der Waals surface area contributed by atoms with Crippen molar-refractivity contribution in [1.82, 2.24) is 10.2 Å². The molecule has 0 bridgehead atoms. The smallest absolute Gasteiger partial charge is 0.236 e. The molecule has 0 aliphatic carbocycles. The fourth-order valence-corrected chi connectivity index (χ4v) is 1.72. The first-order chi connectivity index (χ1) is 7.84. The predicted molar refractivity (Wildman–Crippen MR) is 74.1 cm³/mol. The molecule has 0 aromatic rings. The molecule has 0 saturated carbocycles. The maximum Gasteiger partial charge on any atom is 0.236 e. The third kappa shape index (κ3) is 7.37. The van der Waals surface area contributed by atoms with Crippen LogP contribution in [0.25, 0.3) is 0 Å². The summed E-state index contributed by atoms with van der Waals surface area (Å²) in [5.74, 6) is 0.850. The van der Waals surface area contributed by atoms with Gasteiger partial charge in [0.05, 0.1) is 6.54 Å². The maximum absolute atomic E-state index is 12.1. The topological polar surface area (TPSA) is 32.3 Å². The SMILES string of the molecule is CCC(CC)CN(CC)C(=O)CNC(C)(C)C. The van der Waals surface area contributed by atoms with Crippen molar-refractivity contribution in [3.05, 3.63) is 0 Å². The summed E-state index contributed by atoms with van der Waals surface area (Å²) in [5.41, 5.74) is 0.00395. The minimum Gasteiger partial charge on any atom is -0.342 e. The Morgan fingerprint density at radius 3 is 2.06 bits per heavy atom. The molecule has 0 aromatic heterocycles. The molecule has 0 heterocycles. The molecule has 0 atom stereocenters. The standard InChI is InChI=1S/C14H30N2O/c1-7-12(8-2)11-16(9-3)13(17)10-15-14(4,5)6/h12,15H,7-11H2,1-6H3. The second-order valence-electron chi connectivity index (χ2n) is 5.72. The Kier molecular flexibility index (Phi) is 7.44. The Labute approximate surface area is 107 Å². The minimum atomic E-state index is 0.00395. The zero-order valence-electron chi connectivity index (χ0n) is 12.5. The number of rotatable bonds is 7. The number of nitrogens with zero attached hydrogens (tertiary/aromatic N) is 1. The normalized spacial score (nSPS) is 11.9. The van der Waals surface area contributed by atoms with Crippen LogP contribution in [0.1, 0.15) is 54.4 Å². The second-order valence-corrected chi connectivity index (χ2v) is 5.72. The van der Waals surface area contributed by atoms with Crippen LogP contribution in [0.5, 0.6) is 0 Å². The monoisotopic (exact) mass is 242 g/mol. The van der Waals surface area contributed by atoms with Crippen molar-refractivity contribution < 1.29 is 4.79 Å². The maximum atomic E-state index is 12.1. The Balaban J connectivity index is 4.21. The van der Waals surface area contributed by atoms with Crippen LogP contribution >= 0.6 is 0 Å². The van der Waals surface area contributed by atoms with E-state index in [1.165, 1.54) is 0 Å². The van der Waals surface area contributed by atoms with E-state index in [9.17, 15) is 4.79 Å². The lowest BCUT2D eigenvalue weighted by Crippen LogP contribution is -2.46. The summed E-state index contributed by atoms with van der Waals surface area (Å²) in [7, 11) is 0. The van der Waals surface area contributed by atoms with E-state index in [4.69, 9.17) is 0 Å². The van der Waals surface area contributed by atoms with Crippen LogP contribution in [0.4, 0.5) is 0 Å². The Morgan fingerprint density at radius 2 is 1.71 bits per heavy atom. The highest BCUT2D eigenvalue weighted by Gasteiger charge is 2.17. The second kappa shape index (κ2) is 7.70. The number of nitrogens with one attached hydrogen (secondary N) is 1. The van der Waals surface area contributed by atoms with E-state index in [1.807, 2.05) is 4.90 Å². The number of hydrogen-bond donors (Lipinski definition) is 1. The van der Waals surface area contributed by atoms with E-state index in [-0.39, 0.29) is 11.4 Å². The molecule has 0 fully saturated rings. The highest BCUT2D eigenvalue weighted by Crippen LogP contribution is 2.10. The van der Waals surface area contributed by atoms with Crippen LogP contribution in [0, 0.1) is 5.92 Å². The van der Waals surface area contributed by atoms with Gasteiger partial charge in [0, 0.05) is 18.6 Å². The van der Waals surface area contributed by atoms with Gasteiger partial charge in [0.25, 0.3) is 0 Å². The molecule has 0 unspecified atom stereocenters. The molecule has 0 spiro atoms. The number of hydrogen-bond acceptors (Lipinski definition) is 2. The molecule has 3 heteroatoms. The molecule has 0 aliphatic rings. The third-order valence-corrected chi connectivity index (χ3v) is 3.14. The van der Waals surface area contributed by atoms with Crippen molar-refractivity contribution in [2.24, 2.45) is 5.92 Å². The fourth-order valence-electron chi connectivity index (χ4n) is 1.72. The van der Waals surface area contributed by atoms with Crippen LogP contribution in [-0.4, -0.2) is 36.0 Å². The van der Waals surface area contributed by atoms with Crippen molar-refractivity contribution in [2.75, 3.05) is 19.6 Å². The Hall–Kier alpha value is -0.570. The first kappa shape index (κ1) is 16.4. The van der Waals surface area contributed by atoms with Gasteiger partial charge >= 0.3 is 0 Å². The average molecular weight is 242 g/mol. The van der Waals surface area contributed by atoms with Gasteiger partial charge in [-0.05, 0) is 33.6 Å². The van der Waals surface area contributed by atoms with Crippen molar-refractivity contribution in [1.29, 1.82) is 0 Å². The summed E-state index contributed by atoms with van der Waals surface area (Å²) >= 11 is 0. The van der Waals surface area contributed by atoms with Crippen molar-refractivity contribution in [3.63, 3.8) is 0 Å². The fraction of sp³-hybridized carbons (Fsp3) is 0.929. The highest BCUT2D eigenvalue weighted by atomic mass is 16.2. The molecule has 0 aliphatic heterocycles. The third-order valence-electron chi connectivity index (χ3n) is 3.14. The van der Waals surface area contributed by atoms with Gasteiger partial charge < -0.3 is 10.2 Å². The molecule has 102 valence electrons. The molecule has 3 nitrogen and oxygen atoms in total. The number of likely N-dealkylation sites (N-methyl/N-ethyl adjacent to an activating group) is 1. The average Bonchev–Trinajstić information content (AvgIpc) is 2.27. The molecular formula is C14H30N2O. The molecule has 0 radical (unpaired) electrons. The van der Waals surface area contributed by atoms with Gasteiger partial charge in [-0.2, -0.15) is 0 Å². The van der Waals surface area contributed by atoms with Gasteiger partial charge in [-0.15, -0.1) is 0 Å². The summed E-state index contributed by atoms with van der Waals surface area (Å²) in [6.45, 7) is 14.8. The van der Waals surface area contributed by atoms with Crippen molar-refractivity contribution >= 4 is 5.91 Å². The summed E-state index contributed by atoms with van der Waals surface area (Å²) < 4.78 is 0. The summed E-state index contributed by atoms with van der Waals surface area (Å²) in [5, 5.41) is 3.25. The van der Waals surface area contributed by atoms with Crippen molar-refractivity contribution in [3.8, 4) is 0 Å². The zero-order chi connectivity index (χ0) is 13.5. The number of carbonyl (C=O) groups excluding carboxylic acids is 1. The van der Waals surface area contributed by atoms with Crippen LogP contribution in [0.15, 0.2) is 0 Å². The summed E-state index contributed by atoms with van der Waals surface area (Å²) in [6, 6.07) is 0. The van der Waals surface area contributed by atoms with Crippen LogP contribution in [-0.2, 0) is 4.79 Å². The lowest BCUT2D eigenvalue weighted by Gasteiger charge is -2.27. The lowest BCUT2D eigenvalue weighted by molar-refractivity contribution is -0.131. The van der Waals surface area contributed by atoms with Gasteiger partial charge in [-0.25, -0.2) is 0 Å². The van der Waals surface area contributed by atoms with Gasteiger partial charge in [0.2, 0.25) is 5.91 Å². The minimum absolute atomic E-state index is 0.00395. The van der Waals surface area contributed by atoms with Crippen LogP contribution in [0.3, 0.4) is 0 Å². The van der Waals surface area contributed by atoms with E-state index in [0.717, 1.165) is 25.9 Å². The van der Waals surface area contributed by atoms with Crippen LogP contribution < -0.4 is 5.32 Å². The van der Waals surface area contributed by atoms with Crippen LogP contribution in [0.2, 0.25) is 0 Å². The predicted octanol–water partition coefficient (Wildman–Crippen LogP) is 2.66.